The highest BCUT2D eigenvalue weighted by atomic mass is 16.5. The second-order valence-corrected chi connectivity index (χ2v) is 3.90. The smallest absolute Gasteiger partial charge is 0.133 e. The fraction of sp³-hybridized carbons (Fsp3) is 0.200. The van der Waals surface area contributed by atoms with E-state index in [1.54, 1.807) is 6.26 Å². The molecular weight excluding hydrogens is 226 g/mol. The van der Waals surface area contributed by atoms with E-state index in [0.717, 1.165) is 11.3 Å². The maximum Gasteiger partial charge on any atom is 0.133 e. The van der Waals surface area contributed by atoms with Crippen molar-refractivity contribution in [3.05, 3.63) is 65.6 Å². The Morgan fingerprint density at radius 1 is 1.17 bits per heavy atom. The number of benzene rings is 1. The number of hydrogen-bond acceptors (Lipinski definition) is 3. The van der Waals surface area contributed by atoms with Crippen LogP contribution in [0.4, 0.5) is 0 Å². The summed E-state index contributed by atoms with van der Waals surface area (Å²) in [6, 6.07) is 12.0. The SMILES string of the molecule is NCc1ccoc1COCC=Cc1ccccc1. The third-order valence-electron chi connectivity index (χ3n) is 2.61. The topological polar surface area (TPSA) is 48.4 Å². The Morgan fingerprint density at radius 2 is 2.00 bits per heavy atom. The van der Waals surface area contributed by atoms with Gasteiger partial charge in [0.25, 0.3) is 0 Å². The molecule has 94 valence electrons. The molecule has 0 aliphatic rings. The average Bonchev–Trinajstić information content (AvgIpc) is 2.87. The van der Waals surface area contributed by atoms with Crippen LogP contribution in [-0.2, 0) is 17.9 Å². The normalized spacial score (nSPS) is 11.2. The monoisotopic (exact) mass is 243 g/mol. The van der Waals surface area contributed by atoms with Gasteiger partial charge in [0.15, 0.2) is 0 Å². The molecule has 0 saturated carbocycles. The summed E-state index contributed by atoms with van der Waals surface area (Å²) in [5.74, 6) is 0.811. The molecule has 1 aromatic heterocycles. The lowest BCUT2D eigenvalue weighted by atomic mass is 10.2. The van der Waals surface area contributed by atoms with E-state index in [0.29, 0.717) is 19.8 Å². The number of hydrogen-bond donors (Lipinski definition) is 1. The molecule has 0 aliphatic carbocycles. The van der Waals surface area contributed by atoms with Crippen LogP contribution in [0, 0.1) is 0 Å². The Kier molecular flexibility index (Phi) is 4.76. The van der Waals surface area contributed by atoms with E-state index in [1.165, 1.54) is 5.56 Å². The lowest BCUT2D eigenvalue weighted by Crippen LogP contribution is -2.00. The lowest BCUT2D eigenvalue weighted by molar-refractivity contribution is 0.131. The van der Waals surface area contributed by atoms with Gasteiger partial charge in [0.2, 0.25) is 0 Å². The van der Waals surface area contributed by atoms with Gasteiger partial charge in [0.1, 0.15) is 12.4 Å². The summed E-state index contributed by atoms with van der Waals surface area (Å²) in [6.45, 7) is 1.49. The van der Waals surface area contributed by atoms with Crippen LogP contribution in [0.5, 0.6) is 0 Å². The molecule has 2 N–H and O–H groups in total. The standard InChI is InChI=1S/C15H17NO2/c16-11-14-8-10-18-15(14)12-17-9-4-7-13-5-2-1-3-6-13/h1-8,10H,9,11-12,16H2. The van der Waals surface area contributed by atoms with Gasteiger partial charge >= 0.3 is 0 Å². The van der Waals surface area contributed by atoms with E-state index in [2.05, 4.69) is 12.1 Å². The van der Waals surface area contributed by atoms with Crippen molar-refractivity contribution in [1.29, 1.82) is 0 Å². The van der Waals surface area contributed by atoms with Crippen LogP contribution in [0.1, 0.15) is 16.9 Å². The lowest BCUT2D eigenvalue weighted by Gasteiger charge is -2.00. The van der Waals surface area contributed by atoms with E-state index in [-0.39, 0.29) is 0 Å². The van der Waals surface area contributed by atoms with Gasteiger partial charge in [-0.3, -0.25) is 0 Å². The van der Waals surface area contributed by atoms with Crippen molar-refractivity contribution >= 4 is 6.08 Å². The van der Waals surface area contributed by atoms with Gasteiger partial charge in [0, 0.05) is 12.1 Å². The Morgan fingerprint density at radius 3 is 2.78 bits per heavy atom. The van der Waals surface area contributed by atoms with Crippen molar-refractivity contribution in [1.82, 2.24) is 0 Å². The zero-order valence-electron chi connectivity index (χ0n) is 10.2. The van der Waals surface area contributed by atoms with Crippen LogP contribution in [-0.4, -0.2) is 6.61 Å². The fourth-order valence-electron chi connectivity index (χ4n) is 1.64. The minimum absolute atomic E-state index is 0.457. The summed E-state index contributed by atoms with van der Waals surface area (Å²) >= 11 is 0. The summed E-state index contributed by atoms with van der Waals surface area (Å²) in [4.78, 5) is 0. The van der Waals surface area contributed by atoms with E-state index < -0.39 is 0 Å². The predicted molar refractivity (Wildman–Crippen MR) is 71.7 cm³/mol. The molecule has 1 heterocycles. The molecule has 3 nitrogen and oxygen atoms in total. The minimum Gasteiger partial charge on any atom is -0.467 e. The largest absolute Gasteiger partial charge is 0.467 e. The van der Waals surface area contributed by atoms with Gasteiger partial charge < -0.3 is 14.9 Å². The molecular formula is C15H17NO2. The Balaban J connectivity index is 1.75. The molecule has 0 amide bonds. The first-order valence-electron chi connectivity index (χ1n) is 5.95. The van der Waals surface area contributed by atoms with Crippen LogP contribution < -0.4 is 5.73 Å². The Hall–Kier alpha value is -1.84. The molecule has 0 radical (unpaired) electrons. The molecule has 0 spiro atoms. The number of rotatable bonds is 6. The van der Waals surface area contributed by atoms with Crippen LogP contribution in [0.3, 0.4) is 0 Å². The number of furan rings is 1. The molecule has 0 bridgehead atoms. The molecule has 18 heavy (non-hydrogen) atoms. The summed E-state index contributed by atoms with van der Waals surface area (Å²) in [5.41, 5.74) is 7.74. The zero-order valence-corrected chi connectivity index (χ0v) is 10.2. The molecule has 0 saturated heterocycles. The molecule has 0 atom stereocenters. The van der Waals surface area contributed by atoms with Gasteiger partial charge in [-0.25, -0.2) is 0 Å². The molecule has 2 aromatic rings. The Bertz CT molecular complexity index is 488. The molecule has 0 aliphatic heterocycles. The van der Waals surface area contributed by atoms with Crippen molar-refractivity contribution in [3.63, 3.8) is 0 Å². The van der Waals surface area contributed by atoms with E-state index in [9.17, 15) is 0 Å². The first kappa shape index (κ1) is 12.6. The van der Waals surface area contributed by atoms with Crippen LogP contribution >= 0.6 is 0 Å². The van der Waals surface area contributed by atoms with Gasteiger partial charge in [0.05, 0.1) is 12.9 Å². The zero-order chi connectivity index (χ0) is 12.6. The van der Waals surface area contributed by atoms with Gasteiger partial charge in [-0.2, -0.15) is 0 Å². The summed E-state index contributed by atoms with van der Waals surface area (Å²) < 4.78 is 10.8. The first-order valence-corrected chi connectivity index (χ1v) is 5.95. The van der Waals surface area contributed by atoms with Crippen molar-refractivity contribution in [2.75, 3.05) is 6.61 Å². The summed E-state index contributed by atoms with van der Waals surface area (Å²) in [7, 11) is 0. The average molecular weight is 243 g/mol. The number of nitrogens with two attached hydrogens (primary N) is 1. The highest BCUT2D eigenvalue weighted by molar-refractivity contribution is 5.48. The first-order chi connectivity index (χ1) is 8.90. The van der Waals surface area contributed by atoms with Crippen molar-refractivity contribution in [2.45, 2.75) is 13.2 Å². The van der Waals surface area contributed by atoms with E-state index >= 15 is 0 Å². The highest BCUT2D eigenvalue weighted by Crippen LogP contribution is 2.10. The van der Waals surface area contributed by atoms with Gasteiger partial charge in [-0.15, -0.1) is 0 Å². The third-order valence-corrected chi connectivity index (χ3v) is 2.61. The van der Waals surface area contributed by atoms with Crippen molar-refractivity contribution < 1.29 is 9.15 Å². The minimum atomic E-state index is 0.457. The van der Waals surface area contributed by atoms with Crippen LogP contribution in [0.25, 0.3) is 6.08 Å². The second-order valence-electron chi connectivity index (χ2n) is 3.90. The molecule has 1 aromatic carbocycles. The van der Waals surface area contributed by atoms with Gasteiger partial charge in [-0.05, 0) is 11.6 Å². The number of ether oxygens (including phenoxy) is 1. The molecule has 2 rings (SSSR count). The Labute approximate surface area is 107 Å². The van der Waals surface area contributed by atoms with Gasteiger partial charge in [-0.1, -0.05) is 42.5 Å². The quantitative estimate of drug-likeness (QED) is 0.793. The fourth-order valence-corrected chi connectivity index (χ4v) is 1.64. The third kappa shape index (κ3) is 3.58. The van der Waals surface area contributed by atoms with Crippen molar-refractivity contribution in [2.24, 2.45) is 5.73 Å². The second kappa shape index (κ2) is 6.79. The van der Waals surface area contributed by atoms with Crippen LogP contribution in [0.2, 0.25) is 0 Å². The maximum atomic E-state index is 5.57. The van der Waals surface area contributed by atoms with E-state index in [4.69, 9.17) is 14.9 Å². The van der Waals surface area contributed by atoms with E-state index in [1.807, 2.05) is 36.4 Å². The highest BCUT2D eigenvalue weighted by Gasteiger charge is 2.03. The summed E-state index contributed by atoms with van der Waals surface area (Å²) in [5, 5.41) is 0. The molecule has 0 unspecified atom stereocenters. The maximum absolute atomic E-state index is 5.57. The summed E-state index contributed by atoms with van der Waals surface area (Å²) in [6.07, 6.45) is 5.66. The molecule has 3 heteroatoms. The molecule has 0 fully saturated rings. The predicted octanol–water partition coefficient (Wildman–Crippen LogP) is 2.97. The van der Waals surface area contributed by atoms with Crippen molar-refractivity contribution in [3.8, 4) is 0 Å². The van der Waals surface area contributed by atoms with Crippen LogP contribution in [0.15, 0.2) is 53.2 Å².